The predicted molar refractivity (Wildman–Crippen MR) is 286 cm³/mol. The SMILES string of the molecule is N#Cc1ccccc1-c1ccc2c3ccc(-c4ccccc4C#N)cc3n(-c3cc(-c4c(F)cccc4F)cc(-n4c5cc(-c6ccccc6C#N)ccc5c5ccc(-c6ccccc6C#N)cc54)c3C(F)(F)F)c2c1. The van der Waals surface area contributed by atoms with E-state index in [1.807, 2.05) is 0 Å². The van der Waals surface area contributed by atoms with Crippen molar-refractivity contribution >= 4 is 43.6 Å². The number of aromatic nitrogens is 2. The lowest BCUT2D eigenvalue weighted by atomic mass is 9.97. The molecule has 0 fully saturated rings. The molecule has 0 aliphatic heterocycles. The lowest BCUT2D eigenvalue weighted by Crippen LogP contribution is -2.16. The van der Waals surface area contributed by atoms with E-state index in [9.17, 15) is 21.0 Å². The van der Waals surface area contributed by atoms with Gasteiger partial charge in [0, 0.05) is 21.5 Å². The van der Waals surface area contributed by atoms with Crippen molar-refractivity contribution in [3.05, 3.63) is 240 Å². The zero-order valence-corrected chi connectivity index (χ0v) is 39.6. The fourth-order valence-corrected chi connectivity index (χ4v) is 10.7. The number of fused-ring (bicyclic) bond motifs is 6. The Kier molecular flexibility index (Phi) is 11.1. The molecule has 0 bridgehead atoms. The first-order valence-corrected chi connectivity index (χ1v) is 23.8. The Morgan fingerprint density at radius 3 is 0.895 bits per heavy atom. The summed E-state index contributed by atoms with van der Waals surface area (Å²) in [7, 11) is 0. The Labute approximate surface area is 431 Å². The number of rotatable bonds is 7. The highest BCUT2D eigenvalue weighted by Crippen LogP contribution is 2.48. The maximum absolute atomic E-state index is 17.2. The fraction of sp³-hybridized carbons (Fsp3) is 0.0154. The molecule has 0 aliphatic rings. The molecule has 0 saturated heterocycles. The Hall–Kier alpha value is -10.6. The summed E-state index contributed by atoms with van der Waals surface area (Å²) in [5.41, 5.74) is 3.71. The van der Waals surface area contributed by atoms with Crippen molar-refractivity contribution in [2.24, 2.45) is 0 Å². The Balaban J connectivity index is 1.29. The average Bonchev–Trinajstić information content (AvgIpc) is 4.09. The highest BCUT2D eigenvalue weighted by atomic mass is 19.4. The summed E-state index contributed by atoms with van der Waals surface area (Å²) >= 11 is 0. The van der Waals surface area contributed by atoms with Crippen LogP contribution in [0.15, 0.2) is 200 Å². The van der Waals surface area contributed by atoms with Crippen LogP contribution in [0.1, 0.15) is 27.8 Å². The molecule has 0 spiro atoms. The molecule has 0 N–H and O–H groups in total. The van der Waals surface area contributed by atoms with Gasteiger partial charge in [0.05, 0.1) is 85.5 Å². The third-order valence-electron chi connectivity index (χ3n) is 14.1. The number of alkyl halides is 3. The zero-order valence-electron chi connectivity index (χ0n) is 39.6. The summed E-state index contributed by atoms with van der Waals surface area (Å²) in [5, 5.41) is 43.0. The first kappa shape index (κ1) is 46.5. The van der Waals surface area contributed by atoms with Crippen molar-refractivity contribution in [1.29, 1.82) is 21.0 Å². The van der Waals surface area contributed by atoms with E-state index in [0.29, 0.717) is 88.3 Å². The van der Waals surface area contributed by atoms with E-state index >= 15 is 22.0 Å². The highest BCUT2D eigenvalue weighted by Gasteiger charge is 2.40. The molecule has 358 valence electrons. The monoisotopic (exact) mass is 992 g/mol. The smallest absolute Gasteiger partial charge is 0.308 e. The van der Waals surface area contributed by atoms with Crippen LogP contribution in [0.3, 0.4) is 0 Å². The van der Waals surface area contributed by atoms with Gasteiger partial charge in [0.2, 0.25) is 0 Å². The zero-order chi connectivity index (χ0) is 52.4. The minimum Gasteiger partial charge on any atom is -0.308 e. The summed E-state index contributed by atoms with van der Waals surface area (Å²) in [5.74, 6) is -2.03. The lowest BCUT2D eigenvalue weighted by Gasteiger charge is -2.24. The van der Waals surface area contributed by atoms with Crippen molar-refractivity contribution in [2.75, 3.05) is 0 Å². The first-order chi connectivity index (χ1) is 37.0. The van der Waals surface area contributed by atoms with Gasteiger partial charge in [0.25, 0.3) is 0 Å². The van der Waals surface area contributed by atoms with Crippen LogP contribution in [0.4, 0.5) is 22.0 Å². The quantitative estimate of drug-likeness (QED) is 0.148. The second kappa shape index (κ2) is 18.2. The fourth-order valence-electron chi connectivity index (χ4n) is 10.7. The summed E-state index contributed by atoms with van der Waals surface area (Å²) < 4.78 is 87.6. The molecule has 0 unspecified atom stereocenters. The van der Waals surface area contributed by atoms with Crippen LogP contribution in [-0.4, -0.2) is 9.13 Å². The van der Waals surface area contributed by atoms with Crippen LogP contribution < -0.4 is 0 Å². The molecule has 12 rings (SSSR count). The molecule has 0 saturated carbocycles. The molecule has 12 aromatic rings. The van der Waals surface area contributed by atoms with Gasteiger partial charge in [-0.15, -0.1) is 0 Å². The molecule has 76 heavy (non-hydrogen) atoms. The minimum atomic E-state index is -5.20. The number of nitrogens with zero attached hydrogens (tertiary/aromatic N) is 6. The van der Waals surface area contributed by atoms with E-state index in [0.717, 1.165) is 24.3 Å². The van der Waals surface area contributed by atoms with Gasteiger partial charge in [-0.1, -0.05) is 127 Å². The van der Waals surface area contributed by atoms with E-state index in [4.69, 9.17) is 0 Å². The van der Waals surface area contributed by atoms with Gasteiger partial charge in [-0.2, -0.15) is 34.2 Å². The largest absolute Gasteiger partial charge is 0.420 e. The maximum atomic E-state index is 17.2. The molecular weight excluding hydrogens is 960 g/mol. The van der Waals surface area contributed by atoms with Gasteiger partial charge in [-0.3, -0.25) is 0 Å². The molecule has 11 heteroatoms. The van der Waals surface area contributed by atoms with Crippen molar-refractivity contribution in [3.8, 4) is 91.3 Å². The number of benzene rings is 10. The van der Waals surface area contributed by atoms with Gasteiger partial charge in [0.15, 0.2) is 0 Å². The summed E-state index contributed by atoms with van der Waals surface area (Å²) in [6, 6.07) is 63.1. The van der Waals surface area contributed by atoms with E-state index < -0.39 is 40.3 Å². The lowest BCUT2D eigenvalue weighted by molar-refractivity contribution is -0.137. The second-order valence-electron chi connectivity index (χ2n) is 18.2. The molecule has 0 aliphatic carbocycles. The molecule has 2 heterocycles. The van der Waals surface area contributed by atoms with Crippen molar-refractivity contribution in [2.45, 2.75) is 6.18 Å². The average molecular weight is 993 g/mol. The van der Waals surface area contributed by atoms with Crippen LogP contribution in [0.2, 0.25) is 0 Å². The van der Waals surface area contributed by atoms with E-state index in [-0.39, 0.29) is 27.6 Å². The summed E-state index contributed by atoms with van der Waals surface area (Å²) in [6.45, 7) is 0. The van der Waals surface area contributed by atoms with E-state index in [1.165, 1.54) is 15.2 Å². The molecular formula is C65H33F5N6. The van der Waals surface area contributed by atoms with Gasteiger partial charge < -0.3 is 9.13 Å². The van der Waals surface area contributed by atoms with Gasteiger partial charge in [-0.05, 0) is 123 Å². The second-order valence-corrected chi connectivity index (χ2v) is 18.2. The van der Waals surface area contributed by atoms with Crippen molar-refractivity contribution in [1.82, 2.24) is 9.13 Å². The van der Waals surface area contributed by atoms with Gasteiger partial charge >= 0.3 is 6.18 Å². The number of nitriles is 4. The maximum Gasteiger partial charge on any atom is 0.420 e. The third-order valence-corrected chi connectivity index (χ3v) is 14.1. The summed E-state index contributed by atoms with van der Waals surface area (Å²) in [4.78, 5) is 0. The molecule has 2 aromatic heterocycles. The molecule has 6 nitrogen and oxygen atoms in total. The molecule has 0 atom stereocenters. The van der Waals surface area contributed by atoms with Crippen molar-refractivity contribution in [3.63, 3.8) is 0 Å². The summed E-state index contributed by atoms with van der Waals surface area (Å²) in [6.07, 6.45) is -5.20. The van der Waals surface area contributed by atoms with Gasteiger partial charge in [0.1, 0.15) is 17.2 Å². The molecule has 0 radical (unpaired) electrons. The Bertz CT molecular complexity index is 4100. The van der Waals surface area contributed by atoms with Crippen LogP contribution in [0.5, 0.6) is 0 Å². The molecule has 0 amide bonds. The number of hydrogen-bond donors (Lipinski definition) is 0. The van der Waals surface area contributed by atoms with Crippen LogP contribution in [-0.2, 0) is 6.18 Å². The topological polar surface area (TPSA) is 105 Å². The Morgan fingerprint density at radius 2 is 0.618 bits per heavy atom. The van der Waals surface area contributed by atoms with Crippen molar-refractivity contribution < 1.29 is 22.0 Å². The molecule has 10 aromatic carbocycles. The van der Waals surface area contributed by atoms with Gasteiger partial charge in [-0.25, -0.2) is 8.78 Å². The third kappa shape index (κ3) is 7.50. The van der Waals surface area contributed by atoms with Crippen LogP contribution in [0.25, 0.3) is 111 Å². The van der Waals surface area contributed by atoms with Crippen LogP contribution >= 0.6 is 0 Å². The predicted octanol–water partition coefficient (Wildman–Crippen LogP) is 17.0. The highest BCUT2D eigenvalue weighted by molar-refractivity contribution is 6.13. The Morgan fingerprint density at radius 1 is 0.329 bits per heavy atom. The van der Waals surface area contributed by atoms with Crippen LogP contribution in [0, 0.1) is 57.0 Å². The standard InChI is InChI=1S/C65H33F5N6/c66-55-18-9-19-56(67)63(55)46-32-61(75-57-28-38(47-14-5-1-10-42(47)34-71)20-24-51(57)52-25-21-39(29-58(52)75)48-15-6-2-11-43(48)35-72)64(65(68,69)70)62(33-46)76-59-30-40(49-16-7-3-12-44(49)36-73)22-26-53(59)54-27-23-41(31-60(54)76)50-17-8-4-13-45(50)37-74/h1-33H. The number of halogens is 5. The normalized spacial score (nSPS) is 11.4. The minimum absolute atomic E-state index is 0.215. The number of hydrogen-bond acceptors (Lipinski definition) is 4. The van der Waals surface area contributed by atoms with E-state index in [1.54, 1.807) is 170 Å². The first-order valence-electron chi connectivity index (χ1n) is 23.8. The van der Waals surface area contributed by atoms with E-state index in [2.05, 4.69) is 24.3 Å².